The molecular weight excluding hydrogens is 208 g/mol. The molecule has 1 aromatic carbocycles. The third-order valence-electron chi connectivity index (χ3n) is 4.40. The summed E-state index contributed by atoms with van der Waals surface area (Å²) in [5.41, 5.74) is 5.91. The first-order chi connectivity index (χ1) is 8.04. The van der Waals surface area contributed by atoms with Crippen molar-refractivity contribution in [3.63, 3.8) is 0 Å². The first kappa shape index (κ1) is 12.5. The minimum Gasteiger partial charge on any atom is -0.496 e. The number of hydrogen-bond donors (Lipinski definition) is 0. The Labute approximate surface area is 105 Å². The third kappa shape index (κ3) is 2.20. The highest BCUT2D eigenvalue weighted by Gasteiger charge is 2.24. The monoisotopic (exact) mass is 232 g/mol. The molecule has 0 unspecified atom stereocenters. The SMILES string of the molecule is COc1cc(C)c2c(c1C)CC[C@@H](C(C)C)C2. The number of fused-ring (bicyclic) bond motifs is 1. The Morgan fingerprint density at radius 2 is 1.94 bits per heavy atom. The summed E-state index contributed by atoms with van der Waals surface area (Å²) < 4.78 is 5.47. The molecule has 1 nitrogen and oxygen atoms in total. The Morgan fingerprint density at radius 3 is 2.53 bits per heavy atom. The second-order valence-corrected chi connectivity index (χ2v) is 5.72. The molecule has 2 rings (SSSR count). The quantitative estimate of drug-likeness (QED) is 0.746. The Morgan fingerprint density at radius 1 is 1.24 bits per heavy atom. The fourth-order valence-electron chi connectivity index (χ4n) is 3.10. The van der Waals surface area contributed by atoms with Gasteiger partial charge in [0.1, 0.15) is 5.75 Å². The van der Waals surface area contributed by atoms with Crippen molar-refractivity contribution in [2.45, 2.75) is 47.0 Å². The van der Waals surface area contributed by atoms with Crippen LogP contribution in [0, 0.1) is 25.7 Å². The number of aryl methyl sites for hydroxylation is 1. The smallest absolute Gasteiger partial charge is 0.122 e. The molecule has 0 aliphatic heterocycles. The second-order valence-electron chi connectivity index (χ2n) is 5.72. The van der Waals surface area contributed by atoms with Gasteiger partial charge in [0.05, 0.1) is 7.11 Å². The molecule has 1 atom stereocenters. The minimum absolute atomic E-state index is 0.796. The average Bonchev–Trinajstić information content (AvgIpc) is 2.33. The molecule has 94 valence electrons. The largest absolute Gasteiger partial charge is 0.496 e. The van der Waals surface area contributed by atoms with Crippen LogP contribution in [-0.4, -0.2) is 7.11 Å². The summed E-state index contributed by atoms with van der Waals surface area (Å²) in [4.78, 5) is 0. The van der Waals surface area contributed by atoms with Gasteiger partial charge in [0, 0.05) is 0 Å². The fourth-order valence-corrected chi connectivity index (χ4v) is 3.10. The van der Waals surface area contributed by atoms with E-state index < -0.39 is 0 Å². The van der Waals surface area contributed by atoms with Crippen LogP contribution in [0.5, 0.6) is 5.75 Å². The summed E-state index contributed by atoms with van der Waals surface area (Å²) in [6.45, 7) is 9.12. The third-order valence-corrected chi connectivity index (χ3v) is 4.40. The first-order valence-electron chi connectivity index (χ1n) is 6.70. The van der Waals surface area contributed by atoms with Crippen molar-refractivity contribution in [3.8, 4) is 5.75 Å². The van der Waals surface area contributed by atoms with E-state index in [1.807, 2.05) is 0 Å². The van der Waals surface area contributed by atoms with E-state index in [0.717, 1.165) is 17.6 Å². The van der Waals surface area contributed by atoms with Crippen LogP contribution < -0.4 is 4.74 Å². The summed E-state index contributed by atoms with van der Waals surface area (Å²) in [6.07, 6.45) is 3.81. The van der Waals surface area contributed by atoms with Crippen molar-refractivity contribution >= 4 is 0 Å². The van der Waals surface area contributed by atoms with Gasteiger partial charge >= 0.3 is 0 Å². The highest BCUT2D eigenvalue weighted by Crippen LogP contribution is 2.37. The Bertz CT molecular complexity index is 418. The van der Waals surface area contributed by atoms with E-state index in [9.17, 15) is 0 Å². The van der Waals surface area contributed by atoms with Crippen LogP contribution in [0.4, 0.5) is 0 Å². The molecule has 0 radical (unpaired) electrons. The summed E-state index contributed by atoms with van der Waals surface area (Å²) in [6, 6.07) is 2.21. The van der Waals surface area contributed by atoms with Gasteiger partial charge in [-0.3, -0.25) is 0 Å². The van der Waals surface area contributed by atoms with Crippen LogP contribution in [0.2, 0.25) is 0 Å². The number of benzene rings is 1. The maximum absolute atomic E-state index is 5.47. The first-order valence-corrected chi connectivity index (χ1v) is 6.70. The lowest BCUT2D eigenvalue weighted by atomic mass is 9.75. The molecular formula is C16H24O. The lowest BCUT2D eigenvalue weighted by Crippen LogP contribution is -2.21. The molecule has 0 amide bonds. The lowest BCUT2D eigenvalue weighted by molar-refractivity contribution is 0.340. The Hall–Kier alpha value is -0.980. The fraction of sp³-hybridized carbons (Fsp3) is 0.625. The molecule has 1 heteroatoms. The van der Waals surface area contributed by atoms with Gasteiger partial charge in [-0.25, -0.2) is 0 Å². The summed E-state index contributed by atoms with van der Waals surface area (Å²) >= 11 is 0. The molecule has 0 bridgehead atoms. The van der Waals surface area contributed by atoms with Crippen molar-refractivity contribution in [1.29, 1.82) is 0 Å². The van der Waals surface area contributed by atoms with E-state index >= 15 is 0 Å². The van der Waals surface area contributed by atoms with Gasteiger partial charge in [-0.2, -0.15) is 0 Å². The molecule has 0 fully saturated rings. The summed E-state index contributed by atoms with van der Waals surface area (Å²) in [5.74, 6) is 2.71. The second kappa shape index (κ2) is 4.72. The Balaban J connectivity index is 2.42. The number of hydrogen-bond acceptors (Lipinski definition) is 1. The molecule has 1 aliphatic carbocycles. The molecule has 0 saturated heterocycles. The van der Waals surface area contributed by atoms with E-state index in [1.165, 1.54) is 30.4 Å². The van der Waals surface area contributed by atoms with E-state index in [2.05, 4.69) is 33.8 Å². The van der Waals surface area contributed by atoms with Gasteiger partial charge in [-0.15, -0.1) is 0 Å². The highest BCUT2D eigenvalue weighted by molar-refractivity contribution is 5.49. The lowest BCUT2D eigenvalue weighted by Gasteiger charge is -2.30. The predicted octanol–water partition coefficient (Wildman–Crippen LogP) is 4.07. The van der Waals surface area contributed by atoms with Crippen LogP contribution in [0.15, 0.2) is 6.07 Å². The van der Waals surface area contributed by atoms with Crippen LogP contribution in [0.25, 0.3) is 0 Å². The van der Waals surface area contributed by atoms with E-state index in [4.69, 9.17) is 4.74 Å². The zero-order valence-electron chi connectivity index (χ0n) is 11.8. The molecule has 1 aromatic rings. The van der Waals surface area contributed by atoms with Crippen molar-refractivity contribution < 1.29 is 4.74 Å². The van der Waals surface area contributed by atoms with Gasteiger partial charge in [-0.1, -0.05) is 13.8 Å². The van der Waals surface area contributed by atoms with Crippen molar-refractivity contribution in [3.05, 3.63) is 28.3 Å². The highest BCUT2D eigenvalue weighted by atomic mass is 16.5. The van der Waals surface area contributed by atoms with Crippen molar-refractivity contribution in [2.24, 2.45) is 11.8 Å². The minimum atomic E-state index is 0.796. The molecule has 0 aromatic heterocycles. The van der Waals surface area contributed by atoms with E-state index in [-0.39, 0.29) is 0 Å². The summed E-state index contributed by atoms with van der Waals surface area (Å²) in [5, 5.41) is 0. The maximum atomic E-state index is 5.47. The van der Waals surface area contributed by atoms with Crippen LogP contribution in [-0.2, 0) is 12.8 Å². The number of ether oxygens (including phenoxy) is 1. The number of methoxy groups -OCH3 is 1. The zero-order valence-corrected chi connectivity index (χ0v) is 11.8. The zero-order chi connectivity index (χ0) is 12.6. The molecule has 0 saturated carbocycles. The average molecular weight is 232 g/mol. The van der Waals surface area contributed by atoms with Gasteiger partial charge in [-0.05, 0) is 73.3 Å². The van der Waals surface area contributed by atoms with Crippen molar-refractivity contribution in [2.75, 3.05) is 7.11 Å². The molecule has 1 aliphatic rings. The predicted molar refractivity (Wildman–Crippen MR) is 72.8 cm³/mol. The van der Waals surface area contributed by atoms with Crippen LogP contribution >= 0.6 is 0 Å². The maximum Gasteiger partial charge on any atom is 0.122 e. The van der Waals surface area contributed by atoms with Gasteiger partial charge in [0.25, 0.3) is 0 Å². The standard InChI is InChI=1S/C16H24O/c1-10(2)13-6-7-14-12(4)16(17-5)8-11(3)15(14)9-13/h8,10,13H,6-7,9H2,1-5H3/t13-/m1/s1. The molecule has 0 spiro atoms. The van der Waals surface area contributed by atoms with Gasteiger partial charge in [0.2, 0.25) is 0 Å². The number of rotatable bonds is 2. The van der Waals surface area contributed by atoms with E-state index in [1.54, 1.807) is 18.2 Å². The van der Waals surface area contributed by atoms with Crippen molar-refractivity contribution in [1.82, 2.24) is 0 Å². The molecule has 0 N–H and O–H groups in total. The van der Waals surface area contributed by atoms with Gasteiger partial charge < -0.3 is 4.74 Å². The summed E-state index contributed by atoms with van der Waals surface area (Å²) in [7, 11) is 1.77. The molecule has 0 heterocycles. The van der Waals surface area contributed by atoms with E-state index in [0.29, 0.717) is 0 Å². The van der Waals surface area contributed by atoms with Gasteiger partial charge in [0.15, 0.2) is 0 Å². The normalized spacial score (nSPS) is 19.3. The molecule has 17 heavy (non-hydrogen) atoms. The van der Waals surface area contributed by atoms with Crippen LogP contribution in [0.3, 0.4) is 0 Å². The Kier molecular flexibility index (Phi) is 3.46. The topological polar surface area (TPSA) is 9.23 Å². The van der Waals surface area contributed by atoms with Crippen LogP contribution in [0.1, 0.15) is 42.5 Å².